The third kappa shape index (κ3) is 2.89. The van der Waals surface area contributed by atoms with E-state index in [1.807, 2.05) is 13.8 Å². The summed E-state index contributed by atoms with van der Waals surface area (Å²) in [6.07, 6.45) is -0.0380. The van der Waals surface area contributed by atoms with Crippen molar-refractivity contribution in [1.29, 1.82) is 0 Å². The number of benzene rings is 1. The molecule has 0 N–H and O–H groups in total. The average Bonchev–Trinajstić information content (AvgIpc) is 2.19. The fourth-order valence-electron chi connectivity index (χ4n) is 1.30. The second-order valence-electron chi connectivity index (χ2n) is 3.71. The first-order valence-electron chi connectivity index (χ1n) is 5.00. The quantitative estimate of drug-likeness (QED) is 0.760. The summed E-state index contributed by atoms with van der Waals surface area (Å²) in [4.78, 5) is 11.5. The maximum absolute atomic E-state index is 11.5. The second-order valence-corrected chi connectivity index (χ2v) is 4.12. The van der Waals surface area contributed by atoms with Crippen LogP contribution in [0.5, 0.6) is 11.5 Å². The van der Waals surface area contributed by atoms with E-state index in [0.717, 1.165) is 0 Å². The number of ketones is 1. The molecule has 0 saturated carbocycles. The van der Waals surface area contributed by atoms with E-state index in [4.69, 9.17) is 21.1 Å². The summed E-state index contributed by atoms with van der Waals surface area (Å²) in [5.41, 5.74) is 0.443. The van der Waals surface area contributed by atoms with E-state index in [2.05, 4.69) is 0 Å². The Morgan fingerprint density at radius 3 is 2.44 bits per heavy atom. The first-order valence-corrected chi connectivity index (χ1v) is 5.38. The Balaban J connectivity index is 3.28. The van der Waals surface area contributed by atoms with E-state index in [-0.39, 0.29) is 11.9 Å². The Morgan fingerprint density at radius 1 is 1.38 bits per heavy atom. The van der Waals surface area contributed by atoms with Gasteiger partial charge in [0.05, 0.1) is 23.8 Å². The molecule has 0 radical (unpaired) electrons. The highest BCUT2D eigenvalue weighted by Gasteiger charge is 2.16. The van der Waals surface area contributed by atoms with E-state index in [0.29, 0.717) is 22.1 Å². The highest BCUT2D eigenvalue weighted by atomic mass is 35.5. The molecule has 0 aliphatic heterocycles. The second kappa shape index (κ2) is 5.21. The summed E-state index contributed by atoms with van der Waals surface area (Å²) in [5, 5.41) is 0.387. The SMILES string of the molecule is COc1cc(Cl)c(OC(C)C)c(C(C)=O)c1. The highest BCUT2D eigenvalue weighted by Crippen LogP contribution is 2.34. The molecule has 16 heavy (non-hydrogen) atoms. The van der Waals surface area contributed by atoms with Crippen LogP contribution in [0.15, 0.2) is 12.1 Å². The van der Waals surface area contributed by atoms with Gasteiger partial charge in [-0.1, -0.05) is 11.6 Å². The van der Waals surface area contributed by atoms with Gasteiger partial charge in [0, 0.05) is 6.07 Å². The van der Waals surface area contributed by atoms with Crippen LogP contribution in [-0.4, -0.2) is 19.0 Å². The number of ether oxygens (including phenoxy) is 2. The zero-order chi connectivity index (χ0) is 12.3. The lowest BCUT2D eigenvalue weighted by Gasteiger charge is -2.15. The predicted molar refractivity (Wildman–Crippen MR) is 63.8 cm³/mol. The van der Waals surface area contributed by atoms with Crippen molar-refractivity contribution in [3.63, 3.8) is 0 Å². The maximum atomic E-state index is 11.5. The largest absolute Gasteiger partial charge is 0.497 e. The summed E-state index contributed by atoms with van der Waals surface area (Å²) in [7, 11) is 1.53. The lowest BCUT2D eigenvalue weighted by atomic mass is 10.1. The van der Waals surface area contributed by atoms with E-state index in [9.17, 15) is 4.79 Å². The Hall–Kier alpha value is -1.22. The normalized spacial score (nSPS) is 10.4. The molecule has 0 aliphatic rings. The van der Waals surface area contributed by atoms with Gasteiger partial charge in [-0.25, -0.2) is 0 Å². The zero-order valence-electron chi connectivity index (χ0n) is 9.83. The number of halogens is 1. The predicted octanol–water partition coefficient (Wildman–Crippen LogP) is 3.34. The standard InChI is InChI=1S/C12H15ClO3/c1-7(2)16-12-10(8(3)14)5-9(15-4)6-11(12)13/h5-7H,1-4H3. The summed E-state index contributed by atoms with van der Waals surface area (Å²) in [5.74, 6) is 0.868. The van der Waals surface area contributed by atoms with Crippen LogP contribution in [0.25, 0.3) is 0 Å². The molecule has 0 heterocycles. The van der Waals surface area contributed by atoms with Gasteiger partial charge in [0.25, 0.3) is 0 Å². The minimum absolute atomic E-state index is 0.0380. The lowest BCUT2D eigenvalue weighted by Crippen LogP contribution is -2.09. The summed E-state index contributed by atoms with van der Waals surface area (Å²) < 4.78 is 10.6. The number of carbonyl (C=O) groups is 1. The van der Waals surface area contributed by atoms with Gasteiger partial charge in [-0.15, -0.1) is 0 Å². The fourth-order valence-corrected chi connectivity index (χ4v) is 1.56. The fraction of sp³-hybridized carbons (Fsp3) is 0.417. The monoisotopic (exact) mass is 242 g/mol. The van der Waals surface area contributed by atoms with Crippen LogP contribution in [0, 0.1) is 0 Å². The Labute approximate surface area is 100 Å². The Morgan fingerprint density at radius 2 is 2.00 bits per heavy atom. The summed E-state index contributed by atoms with van der Waals surface area (Å²) in [6, 6.07) is 3.26. The molecule has 1 aromatic rings. The van der Waals surface area contributed by atoms with Gasteiger partial charge in [0.15, 0.2) is 5.78 Å². The van der Waals surface area contributed by atoms with Crippen LogP contribution >= 0.6 is 11.6 Å². The van der Waals surface area contributed by atoms with E-state index in [1.165, 1.54) is 14.0 Å². The van der Waals surface area contributed by atoms with E-state index in [1.54, 1.807) is 12.1 Å². The van der Waals surface area contributed by atoms with Gasteiger partial charge < -0.3 is 9.47 Å². The van der Waals surface area contributed by atoms with Crippen molar-refractivity contribution in [2.24, 2.45) is 0 Å². The molecule has 0 fully saturated rings. The molecule has 0 spiro atoms. The molecule has 1 rings (SSSR count). The van der Waals surface area contributed by atoms with Gasteiger partial charge in [0.2, 0.25) is 0 Å². The first kappa shape index (κ1) is 12.8. The lowest BCUT2D eigenvalue weighted by molar-refractivity contribution is 0.101. The molecule has 0 atom stereocenters. The van der Waals surface area contributed by atoms with Crippen LogP contribution in [0.4, 0.5) is 0 Å². The van der Waals surface area contributed by atoms with Crippen LogP contribution in [0.1, 0.15) is 31.1 Å². The van der Waals surface area contributed by atoms with Crippen molar-refractivity contribution in [2.75, 3.05) is 7.11 Å². The van der Waals surface area contributed by atoms with Crippen molar-refractivity contribution in [1.82, 2.24) is 0 Å². The van der Waals surface area contributed by atoms with Crippen molar-refractivity contribution in [2.45, 2.75) is 26.9 Å². The molecule has 3 nitrogen and oxygen atoms in total. The van der Waals surface area contributed by atoms with Crippen molar-refractivity contribution < 1.29 is 14.3 Å². The van der Waals surface area contributed by atoms with Crippen molar-refractivity contribution >= 4 is 17.4 Å². The average molecular weight is 243 g/mol. The van der Waals surface area contributed by atoms with Crippen LogP contribution in [0.2, 0.25) is 5.02 Å². The molecule has 4 heteroatoms. The zero-order valence-corrected chi connectivity index (χ0v) is 10.6. The van der Waals surface area contributed by atoms with Gasteiger partial charge in [-0.05, 0) is 26.8 Å². The van der Waals surface area contributed by atoms with Crippen LogP contribution in [0.3, 0.4) is 0 Å². The van der Waals surface area contributed by atoms with Crippen molar-refractivity contribution in [3.8, 4) is 11.5 Å². The van der Waals surface area contributed by atoms with Crippen LogP contribution in [-0.2, 0) is 0 Å². The molecule has 88 valence electrons. The molecule has 0 aliphatic carbocycles. The Kier molecular flexibility index (Phi) is 4.19. The summed E-state index contributed by atoms with van der Waals surface area (Å²) >= 11 is 6.04. The highest BCUT2D eigenvalue weighted by molar-refractivity contribution is 6.32. The first-order chi connectivity index (χ1) is 7.45. The van der Waals surface area contributed by atoms with E-state index < -0.39 is 0 Å². The van der Waals surface area contributed by atoms with Crippen LogP contribution < -0.4 is 9.47 Å². The number of methoxy groups -OCH3 is 1. The number of hydrogen-bond acceptors (Lipinski definition) is 3. The molecule has 0 amide bonds. The smallest absolute Gasteiger partial charge is 0.163 e. The third-order valence-electron chi connectivity index (χ3n) is 1.99. The molecule has 1 aromatic carbocycles. The molecule has 0 bridgehead atoms. The minimum atomic E-state index is -0.101. The van der Waals surface area contributed by atoms with Gasteiger partial charge in [0.1, 0.15) is 11.5 Å². The number of carbonyl (C=O) groups excluding carboxylic acids is 1. The maximum Gasteiger partial charge on any atom is 0.163 e. The van der Waals surface area contributed by atoms with Crippen molar-refractivity contribution in [3.05, 3.63) is 22.7 Å². The Bertz CT molecular complexity index is 399. The van der Waals surface area contributed by atoms with Gasteiger partial charge >= 0.3 is 0 Å². The topological polar surface area (TPSA) is 35.5 Å². The number of rotatable bonds is 4. The molecule has 0 unspecified atom stereocenters. The molecular formula is C12H15ClO3. The van der Waals surface area contributed by atoms with E-state index >= 15 is 0 Å². The molecule has 0 saturated heterocycles. The number of Topliss-reactive ketones (excluding diaryl/α,β-unsaturated/α-hetero) is 1. The van der Waals surface area contributed by atoms with Gasteiger partial charge in [-0.3, -0.25) is 4.79 Å². The molecular weight excluding hydrogens is 228 g/mol. The number of hydrogen-bond donors (Lipinski definition) is 0. The molecule has 0 aromatic heterocycles. The summed E-state index contributed by atoms with van der Waals surface area (Å²) in [6.45, 7) is 5.23. The third-order valence-corrected chi connectivity index (χ3v) is 2.27. The minimum Gasteiger partial charge on any atom is -0.497 e. The van der Waals surface area contributed by atoms with Gasteiger partial charge in [-0.2, -0.15) is 0 Å².